The van der Waals surface area contributed by atoms with Crippen molar-refractivity contribution < 1.29 is 14.3 Å². The highest BCUT2D eigenvalue weighted by Crippen LogP contribution is 2.49. The van der Waals surface area contributed by atoms with Gasteiger partial charge in [-0.3, -0.25) is 0 Å². The predicted molar refractivity (Wildman–Crippen MR) is 85.7 cm³/mol. The predicted octanol–water partition coefficient (Wildman–Crippen LogP) is 2.98. The SMILES string of the molecule is CCOC(=O)C(N)(c1c(OC)ccc2ccccc12)C1CC1. The first-order valence-electron chi connectivity index (χ1n) is 7.65. The van der Waals surface area contributed by atoms with Crippen LogP contribution in [0.4, 0.5) is 0 Å². The Morgan fingerprint density at radius 3 is 2.64 bits per heavy atom. The van der Waals surface area contributed by atoms with Gasteiger partial charge in [-0.15, -0.1) is 0 Å². The molecule has 0 aliphatic heterocycles. The molecule has 2 aromatic carbocycles. The number of hydrogen-bond acceptors (Lipinski definition) is 4. The highest BCUT2D eigenvalue weighted by atomic mass is 16.5. The van der Waals surface area contributed by atoms with Crippen molar-refractivity contribution in [3.8, 4) is 5.75 Å². The first-order chi connectivity index (χ1) is 10.6. The van der Waals surface area contributed by atoms with Gasteiger partial charge in [-0.25, -0.2) is 4.79 Å². The number of fused-ring (bicyclic) bond motifs is 1. The summed E-state index contributed by atoms with van der Waals surface area (Å²) in [6.45, 7) is 2.11. The van der Waals surface area contributed by atoms with E-state index >= 15 is 0 Å². The molecule has 4 nitrogen and oxygen atoms in total. The Morgan fingerprint density at radius 2 is 2.00 bits per heavy atom. The van der Waals surface area contributed by atoms with Crippen LogP contribution >= 0.6 is 0 Å². The number of benzene rings is 2. The number of esters is 1. The van der Waals surface area contributed by atoms with Gasteiger partial charge in [0.05, 0.1) is 13.7 Å². The molecule has 2 N–H and O–H groups in total. The number of carbonyl (C=O) groups is 1. The molecule has 4 heteroatoms. The molecule has 1 saturated carbocycles. The van der Waals surface area contributed by atoms with Crippen LogP contribution in [-0.4, -0.2) is 19.7 Å². The van der Waals surface area contributed by atoms with E-state index in [9.17, 15) is 4.79 Å². The normalized spacial score (nSPS) is 17.0. The van der Waals surface area contributed by atoms with Crippen molar-refractivity contribution >= 4 is 16.7 Å². The summed E-state index contributed by atoms with van der Waals surface area (Å²) in [7, 11) is 1.60. The smallest absolute Gasteiger partial charge is 0.331 e. The van der Waals surface area contributed by atoms with Gasteiger partial charge in [0, 0.05) is 5.56 Å². The van der Waals surface area contributed by atoms with E-state index in [0.29, 0.717) is 12.4 Å². The Balaban J connectivity index is 2.27. The van der Waals surface area contributed by atoms with Gasteiger partial charge in [-0.05, 0) is 42.5 Å². The standard InChI is InChI=1S/C18H21NO3/c1-3-22-17(20)18(19,13-9-10-13)16-14-7-5-4-6-12(14)8-11-15(16)21-2/h4-8,11,13H,3,9-10,19H2,1-2H3. The fourth-order valence-corrected chi connectivity index (χ4v) is 3.11. The number of nitrogens with two attached hydrogens (primary N) is 1. The van der Waals surface area contributed by atoms with Crippen LogP contribution in [0.1, 0.15) is 25.3 Å². The zero-order valence-electron chi connectivity index (χ0n) is 13.0. The molecule has 1 aliphatic carbocycles. The second-order valence-corrected chi connectivity index (χ2v) is 5.73. The van der Waals surface area contributed by atoms with Crippen LogP contribution < -0.4 is 10.5 Å². The number of carbonyl (C=O) groups excluding carboxylic acids is 1. The van der Waals surface area contributed by atoms with Crippen molar-refractivity contribution in [3.63, 3.8) is 0 Å². The van der Waals surface area contributed by atoms with Crippen molar-refractivity contribution in [2.24, 2.45) is 11.7 Å². The monoisotopic (exact) mass is 299 g/mol. The van der Waals surface area contributed by atoms with E-state index in [4.69, 9.17) is 15.2 Å². The molecular formula is C18H21NO3. The van der Waals surface area contributed by atoms with Crippen LogP contribution in [0.2, 0.25) is 0 Å². The van der Waals surface area contributed by atoms with E-state index < -0.39 is 5.54 Å². The van der Waals surface area contributed by atoms with Crippen molar-refractivity contribution in [3.05, 3.63) is 42.0 Å². The quantitative estimate of drug-likeness (QED) is 0.862. The third kappa shape index (κ3) is 2.24. The number of hydrogen-bond donors (Lipinski definition) is 1. The van der Waals surface area contributed by atoms with Gasteiger partial charge < -0.3 is 15.2 Å². The highest BCUT2D eigenvalue weighted by molar-refractivity contribution is 5.95. The van der Waals surface area contributed by atoms with E-state index in [-0.39, 0.29) is 11.9 Å². The van der Waals surface area contributed by atoms with Gasteiger partial charge in [0.25, 0.3) is 0 Å². The number of ether oxygens (including phenoxy) is 2. The molecule has 116 valence electrons. The minimum atomic E-state index is -1.15. The minimum absolute atomic E-state index is 0.103. The molecule has 0 radical (unpaired) electrons. The Labute approximate surface area is 130 Å². The van der Waals surface area contributed by atoms with Crippen molar-refractivity contribution in [2.75, 3.05) is 13.7 Å². The lowest BCUT2D eigenvalue weighted by atomic mass is 9.82. The number of rotatable bonds is 5. The summed E-state index contributed by atoms with van der Waals surface area (Å²) in [6.07, 6.45) is 1.86. The molecule has 2 aromatic rings. The Hall–Kier alpha value is -2.07. The third-order valence-electron chi connectivity index (χ3n) is 4.36. The molecule has 1 unspecified atom stereocenters. The average molecular weight is 299 g/mol. The molecule has 1 aliphatic rings. The fourth-order valence-electron chi connectivity index (χ4n) is 3.11. The van der Waals surface area contributed by atoms with E-state index in [1.807, 2.05) is 36.4 Å². The Kier molecular flexibility index (Phi) is 3.79. The van der Waals surface area contributed by atoms with E-state index in [1.54, 1.807) is 14.0 Å². The second-order valence-electron chi connectivity index (χ2n) is 5.73. The molecule has 0 spiro atoms. The molecule has 0 amide bonds. The molecule has 3 rings (SSSR count). The third-order valence-corrected chi connectivity index (χ3v) is 4.36. The first kappa shape index (κ1) is 14.9. The molecule has 1 fully saturated rings. The molecule has 0 aromatic heterocycles. The summed E-state index contributed by atoms with van der Waals surface area (Å²) in [5, 5.41) is 1.99. The number of methoxy groups -OCH3 is 1. The van der Waals surface area contributed by atoms with Crippen LogP contribution in [0.3, 0.4) is 0 Å². The summed E-state index contributed by atoms with van der Waals surface area (Å²) in [4.78, 5) is 12.7. The topological polar surface area (TPSA) is 61.5 Å². The highest BCUT2D eigenvalue weighted by Gasteiger charge is 2.52. The maximum Gasteiger partial charge on any atom is 0.331 e. The molecule has 0 bridgehead atoms. The van der Waals surface area contributed by atoms with Crippen LogP contribution in [0.15, 0.2) is 36.4 Å². The molecule has 1 atom stereocenters. The Bertz CT molecular complexity index is 709. The van der Waals surface area contributed by atoms with Gasteiger partial charge in [0.2, 0.25) is 0 Å². The van der Waals surface area contributed by atoms with Crippen molar-refractivity contribution in [2.45, 2.75) is 25.3 Å². The van der Waals surface area contributed by atoms with Gasteiger partial charge in [0.15, 0.2) is 0 Å². The Morgan fingerprint density at radius 1 is 1.27 bits per heavy atom. The van der Waals surface area contributed by atoms with Crippen molar-refractivity contribution in [1.82, 2.24) is 0 Å². The summed E-state index contributed by atoms with van der Waals surface area (Å²) in [5.41, 5.74) is 6.24. The fraction of sp³-hybridized carbons (Fsp3) is 0.389. The van der Waals surface area contributed by atoms with Gasteiger partial charge >= 0.3 is 5.97 Å². The zero-order chi connectivity index (χ0) is 15.7. The molecule has 0 heterocycles. The molecule has 0 saturated heterocycles. The zero-order valence-corrected chi connectivity index (χ0v) is 13.0. The van der Waals surface area contributed by atoms with E-state index in [0.717, 1.165) is 29.2 Å². The second kappa shape index (κ2) is 5.61. The van der Waals surface area contributed by atoms with Crippen LogP contribution in [0.25, 0.3) is 10.8 Å². The van der Waals surface area contributed by atoms with Gasteiger partial charge in [-0.1, -0.05) is 30.3 Å². The lowest BCUT2D eigenvalue weighted by molar-refractivity contribution is -0.151. The van der Waals surface area contributed by atoms with Gasteiger partial charge in [-0.2, -0.15) is 0 Å². The van der Waals surface area contributed by atoms with Crippen molar-refractivity contribution in [1.29, 1.82) is 0 Å². The van der Waals surface area contributed by atoms with Crippen LogP contribution in [0.5, 0.6) is 5.75 Å². The molecule has 22 heavy (non-hydrogen) atoms. The summed E-state index contributed by atoms with van der Waals surface area (Å²) < 4.78 is 10.8. The van der Waals surface area contributed by atoms with Crippen LogP contribution in [-0.2, 0) is 15.1 Å². The first-order valence-corrected chi connectivity index (χ1v) is 7.65. The van der Waals surface area contributed by atoms with Crippen LogP contribution in [0, 0.1) is 5.92 Å². The maximum atomic E-state index is 12.7. The maximum absolute atomic E-state index is 12.7. The van der Waals surface area contributed by atoms with E-state index in [2.05, 4.69) is 0 Å². The summed E-state index contributed by atoms with van der Waals surface area (Å²) in [5.74, 6) is 0.375. The lowest BCUT2D eigenvalue weighted by Gasteiger charge is -2.30. The molecular weight excluding hydrogens is 278 g/mol. The van der Waals surface area contributed by atoms with Gasteiger partial charge in [0.1, 0.15) is 11.3 Å². The average Bonchev–Trinajstić information content (AvgIpc) is 3.38. The largest absolute Gasteiger partial charge is 0.496 e. The summed E-state index contributed by atoms with van der Waals surface area (Å²) >= 11 is 0. The lowest BCUT2D eigenvalue weighted by Crippen LogP contribution is -2.48. The summed E-state index contributed by atoms with van der Waals surface area (Å²) in [6, 6.07) is 11.8. The minimum Gasteiger partial charge on any atom is -0.496 e. The van der Waals surface area contributed by atoms with E-state index in [1.165, 1.54) is 0 Å².